The molecule has 0 N–H and O–H groups in total. The molecule has 0 spiro atoms. The maximum atomic E-state index is 12.9. The maximum Gasteiger partial charge on any atom is 0.123 e. The number of hydrogen-bond donors (Lipinski definition) is 0. The van der Waals surface area contributed by atoms with E-state index in [-0.39, 0.29) is 5.82 Å². The van der Waals surface area contributed by atoms with Gasteiger partial charge in [-0.05, 0) is 35.4 Å². The number of halogens is 2. The van der Waals surface area contributed by atoms with E-state index < -0.39 is 0 Å². The molecule has 1 fully saturated rings. The van der Waals surface area contributed by atoms with Crippen molar-refractivity contribution in [2.45, 2.75) is 6.54 Å². The van der Waals surface area contributed by atoms with Crippen LogP contribution in [0.1, 0.15) is 11.1 Å². The minimum atomic E-state index is -0.224. The number of piperazine rings is 1. The van der Waals surface area contributed by atoms with Crippen LogP contribution in [0.25, 0.3) is 0 Å². The van der Waals surface area contributed by atoms with E-state index in [4.69, 9.17) is 11.6 Å². The van der Waals surface area contributed by atoms with Crippen LogP contribution in [-0.4, -0.2) is 42.3 Å². The van der Waals surface area contributed by atoms with Crippen molar-refractivity contribution in [3.05, 3.63) is 70.5 Å². The molecule has 0 saturated carbocycles. The van der Waals surface area contributed by atoms with E-state index in [0.717, 1.165) is 43.3 Å². The van der Waals surface area contributed by atoms with Gasteiger partial charge in [-0.1, -0.05) is 35.9 Å². The van der Waals surface area contributed by atoms with E-state index in [2.05, 4.69) is 27.1 Å². The molecule has 0 aliphatic carbocycles. The number of rotatable bonds is 4. The lowest BCUT2D eigenvalue weighted by atomic mass is 10.2. The summed E-state index contributed by atoms with van der Waals surface area (Å²) in [6.45, 7) is 4.68. The van der Waals surface area contributed by atoms with Crippen LogP contribution in [0.2, 0.25) is 5.02 Å². The average Bonchev–Trinajstić information content (AvgIpc) is 2.58. The van der Waals surface area contributed by atoms with Gasteiger partial charge in [0.15, 0.2) is 0 Å². The third kappa shape index (κ3) is 4.78. The molecule has 5 heteroatoms. The van der Waals surface area contributed by atoms with Crippen molar-refractivity contribution < 1.29 is 4.39 Å². The number of benzene rings is 2. The molecule has 0 bridgehead atoms. The van der Waals surface area contributed by atoms with Gasteiger partial charge in [0.1, 0.15) is 5.82 Å². The van der Waals surface area contributed by atoms with E-state index in [9.17, 15) is 4.39 Å². The Labute approximate surface area is 141 Å². The van der Waals surface area contributed by atoms with Crippen LogP contribution in [0, 0.1) is 5.82 Å². The Kier molecular flexibility index (Phi) is 5.26. The molecular weight excluding hydrogens is 313 g/mol. The normalized spacial score (nSPS) is 16.2. The third-order valence-electron chi connectivity index (χ3n) is 3.91. The summed E-state index contributed by atoms with van der Waals surface area (Å²) in [4.78, 5) is 2.41. The molecule has 3 nitrogen and oxygen atoms in total. The van der Waals surface area contributed by atoms with E-state index in [1.54, 1.807) is 18.3 Å². The molecule has 0 amide bonds. The lowest BCUT2D eigenvalue weighted by Gasteiger charge is -2.33. The standard InChI is InChI=1S/C18H19ClFN3/c19-17-5-1-16(2-6-17)14-22-9-11-23(12-10-22)21-13-15-3-7-18(20)8-4-15/h1-8,13H,9-12,14H2/b21-13+. The van der Waals surface area contributed by atoms with Crippen LogP contribution in [-0.2, 0) is 6.54 Å². The second-order valence-electron chi connectivity index (χ2n) is 5.65. The molecule has 23 heavy (non-hydrogen) atoms. The molecule has 1 saturated heterocycles. The first kappa shape index (κ1) is 16.0. The molecule has 1 heterocycles. The van der Waals surface area contributed by atoms with Crippen LogP contribution in [0.3, 0.4) is 0 Å². The zero-order valence-electron chi connectivity index (χ0n) is 12.8. The number of hydrazone groups is 1. The van der Waals surface area contributed by atoms with Crippen LogP contribution in [0.5, 0.6) is 0 Å². The fraction of sp³-hybridized carbons (Fsp3) is 0.278. The van der Waals surface area contributed by atoms with Crippen molar-refractivity contribution in [2.75, 3.05) is 26.2 Å². The van der Waals surface area contributed by atoms with Crippen LogP contribution in [0.15, 0.2) is 53.6 Å². The predicted molar refractivity (Wildman–Crippen MR) is 92.3 cm³/mol. The molecule has 3 rings (SSSR count). The molecule has 0 aromatic heterocycles. The van der Waals surface area contributed by atoms with Crippen LogP contribution < -0.4 is 0 Å². The van der Waals surface area contributed by atoms with Gasteiger partial charge in [-0.25, -0.2) is 4.39 Å². The van der Waals surface area contributed by atoms with Gasteiger partial charge in [0.25, 0.3) is 0 Å². The fourth-order valence-electron chi connectivity index (χ4n) is 2.56. The monoisotopic (exact) mass is 331 g/mol. The summed E-state index contributed by atoms with van der Waals surface area (Å²) >= 11 is 5.91. The van der Waals surface area contributed by atoms with Gasteiger partial charge in [0.05, 0.1) is 6.21 Å². The Bertz CT molecular complexity index is 647. The molecule has 2 aromatic rings. The average molecular weight is 332 g/mol. The van der Waals surface area contributed by atoms with Crippen molar-refractivity contribution in [2.24, 2.45) is 5.10 Å². The van der Waals surface area contributed by atoms with Crippen molar-refractivity contribution in [1.82, 2.24) is 9.91 Å². The van der Waals surface area contributed by atoms with E-state index in [0.29, 0.717) is 0 Å². The molecule has 0 radical (unpaired) electrons. The molecule has 2 aromatic carbocycles. The highest BCUT2D eigenvalue weighted by Gasteiger charge is 2.15. The molecule has 1 aliphatic rings. The van der Waals surface area contributed by atoms with Gasteiger partial charge >= 0.3 is 0 Å². The highest BCUT2D eigenvalue weighted by Crippen LogP contribution is 2.13. The summed E-state index contributed by atoms with van der Waals surface area (Å²) in [7, 11) is 0. The largest absolute Gasteiger partial charge is 0.295 e. The van der Waals surface area contributed by atoms with Gasteiger partial charge in [-0.15, -0.1) is 0 Å². The molecule has 1 aliphatic heterocycles. The van der Waals surface area contributed by atoms with Crippen molar-refractivity contribution >= 4 is 17.8 Å². The van der Waals surface area contributed by atoms with E-state index in [1.807, 2.05) is 12.1 Å². The van der Waals surface area contributed by atoms with E-state index in [1.165, 1.54) is 17.7 Å². The smallest absolute Gasteiger partial charge is 0.123 e. The molecular formula is C18H19ClFN3. The van der Waals surface area contributed by atoms with Gasteiger partial charge in [0.2, 0.25) is 0 Å². The number of hydrogen-bond acceptors (Lipinski definition) is 3. The Morgan fingerprint density at radius 3 is 2.26 bits per heavy atom. The van der Waals surface area contributed by atoms with Crippen molar-refractivity contribution in [3.63, 3.8) is 0 Å². The van der Waals surface area contributed by atoms with Gasteiger partial charge in [0, 0.05) is 37.7 Å². The van der Waals surface area contributed by atoms with Crippen molar-refractivity contribution in [1.29, 1.82) is 0 Å². The summed E-state index contributed by atoms with van der Waals surface area (Å²) < 4.78 is 12.9. The number of nitrogens with zero attached hydrogens (tertiary/aromatic N) is 3. The summed E-state index contributed by atoms with van der Waals surface area (Å²) in [5, 5.41) is 7.31. The third-order valence-corrected chi connectivity index (χ3v) is 4.16. The highest BCUT2D eigenvalue weighted by molar-refractivity contribution is 6.30. The predicted octanol–water partition coefficient (Wildman–Crippen LogP) is 3.63. The first-order valence-electron chi connectivity index (χ1n) is 7.70. The van der Waals surface area contributed by atoms with E-state index >= 15 is 0 Å². The van der Waals surface area contributed by atoms with Crippen LogP contribution >= 0.6 is 11.6 Å². The van der Waals surface area contributed by atoms with Gasteiger partial charge in [-0.3, -0.25) is 9.91 Å². The molecule has 120 valence electrons. The highest BCUT2D eigenvalue weighted by atomic mass is 35.5. The minimum Gasteiger partial charge on any atom is -0.295 e. The second kappa shape index (κ2) is 7.57. The van der Waals surface area contributed by atoms with Crippen molar-refractivity contribution in [3.8, 4) is 0 Å². The minimum absolute atomic E-state index is 0.224. The molecule has 0 atom stereocenters. The Hall–Kier alpha value is -1.91. The van der Waals surface area contributed by atoms with Gasteiger partial charge in [-0.2, -0.15) is 5.10 Å². The summed E-state index contributed by atoms with van der Waals surface area (Å²) in [6.07, 6.45) is 1.79. The van der Waals surface area contributed by atoms with Gasteiger partial charge < -0.3 is 0 Å². The maximum absolute atomic E-state index is 12.9. The lowest BCUT2D eigenvalue weighted by molar-refractivity contribution is 0.131. The lowest BCUT2D eigenvalue weighted by Crippen LogP contribution is -2.43. The summed E-state index contributed by atoms with van der Waals surface area (Å²) in [5.41, 5.74) is 2.19. The Morgan fingerprint density at radius 1 is 0.957 bits per heavy atom. The fourth-order valence-corrected chi connectivity index (χ4v) is 2.68. The SMILES string of the molecule is Fc1ccc(/C=N/N2CCN(Cc3ccc(Cl)cc3)CC2)cc1. The quantitative estimate of drug-likeness (QED) is 0.797. The summed E-state index contributed by atoms with van der Waals surface area (Å²) in [5.74, 6) is -0.224. The topological polar surface area (TPSA) is 18.8 Å². The first-order valence-corrected chi connectivity index (χ1v) is 8.08. The molecule has 0 unspecified atom stereocenters. The Balaban J connectivity index is 1.48. The first-order chi connectivity index (χ1) is 11.2. The second-order valence-corrected chi connectivity index (χ2v) is 6.09. The van der Waals surface area contributed by atoms with Crippen LogP contribution in [0.4, 0.5) is 4.39 Å². The zero-order valence-corrected chi connectivity index (χ0v) is 13.6. The summed E-state index contributed by atoms with van der Waals surface area (Å²) in [6, 6.07) is 14.4. The Morgan fingerprint density at radius 2 is 1.61 bits per heavy atom. The zero-order chi connectivity index (χ0) is 16.1.